The van der Waals surface area contributed by atoms with Crippen molar-refractivity contribution >= 4 is 18.5 Å². The Kier molecular flexibility index (Phi) is 7.16. The number of hydrogen-bond acceptors (Lipinski definition) is 7. The van der Waals surface area contributed by atoms with Crippen molar-refractivity contribution in [3.8, 4) is 5.88 Å². The lowest BCUT2D eigenvalue weighted by Crippen LogP contribution is -2.13. The molecule has 120 valence electrons. The summed E-state index contributed by atoms with van der Waals surface area (Å²) in [6, 6.07) is 1.72. The topological polar surface area (TPSA) is 62.7 Å². The van der Waals surface area contributed by atoms with Crippen LogP contribution in [0.25, 0.3) is 0 Å². The molecule has 0 spiro atoms. The van der Waals surface area contributed by atoms with Crippen molar-refractivity contribution in [1.82, 2.24) is 9.97 Å². The molecule has 21 heavy (non-hydrogen) atoms. The Morgan fingerprint density at radius 3 is 2.48 bits per heavy atom. The van der Waals surface area contributed by atoms with Gasteiger partial charge in [-0.25, -0.2) is 4.98 Å². The predicted octanol–water partition coefficient (Wildman–Crippen LogP) is 3.56. The molecule has 8 heteroatoms. The molecule has 2 atom stereocenters. The molecule has 1 heterocycles. The smallest absolute Gasteiger partial charge is 0.384 e. The van der Waals surface area contributed by atoms with Gasteiger partial charge in [-0.05, 0) is 20.8 Å². The van der Waals surface area contributed by atoms with Gasteiger partial charge >= 0.3 is 6.72 Å². The van der Waals surface area contributed by atoms with Crippen LogP contribution in [0.5, 0.6) is 5.88 Å². The van der Waals surface area contributed by atoms with E-state index in [0.29, 0.717) is 18.3 Å². The van der Waals surface area contributed by atoms with Gasteiger partial charge in [-0.15, -0.1) is 0 Å². The van der Waals surface area contributed by atoms with Gasteiger partial charge in [0.05, 0.1) is 6.61 Å². The molecular formula is C13H23N2O4PS. The van der Waals surface area contributed by atoms with E-state index in [2.05, 4.69) is 9.97 Å². The SMILES string of the molecule is CCOP(=S)(Oc1cc(C)nc(C(C)C)n1)OC(C)OC. The van der Waals surface area contributed by atoms with Crippen molar-refractivity contribution < 1.29 is 18.3 Å². The predicted molar refractivity (Wildman–Crippen MR) is 85.0 cm³/mol. The molecule has 0 fully saturated rings. The molecular weight excluding hydrogens is 311 g/mol. The van der Waals surface area contributed by atoms with E-state index < -0.39 is 13.0 Å². The van der Waals surface area contributed by atoms with Gasteiger partial charge in [0, 0.05) is 36.6 Å². The minimum absolute atomic E-state index is 0.191. The van der Waals surface area contributed by atoms with Crippen molar-refractivity contribution in [3.05, 3.63) is 17.6 Å². The van der Waals surface area contributed by atoms with Crippen LogP contribution in [-0.4, -0.2) is 30.0 Å². The van der Waals surface area contributed by atoms with Gasteiger partial charge < -0.3 is 9.26 Å². The Morgan fingerprint density at radius 1 is 1.29 bits per heavy atom. The lowest BCUT2D eigenvalue weighted by Gasteiger charge is -2.24. The van der Waals surface area contributed by atoms with E-state index in [-0.39, 0.29) is 5.92 Å². The number of ether oxygens (including phenoxy) is 1. The largest absolute Gasteiger partial charge is 0.405 e. The first-order valence-electron chi connectivity index (χ1n) is 6.80. The third-order valence-electron chi connectivity index (χ3n) is 2.47. The van der Waals surface area contributed by atoms with Crippen LogP contribution in [0.3, 0.4) is 0 Å². The van der Waals surface area contributed by atoms with Crippen molar-refractivity contribution in [3.63, 3.8) is 0 Å². The summed E-state index contributed by atoms with van der Waals surface area (Å²) in [5, 5.41) is 0. The molecule has 0 aliphatic heterocycles. The first-order valence-corrected chi connectivity index (χ1v) is 9.36. The summed E-state index contributed by atoms with van der Waals surface area (Å²) in [4.78, 5) is 8.73. The van der Waals surface area contributed by atoms with E-state index in [1.807, 2.05) is 27.7 Å². The van der Waals surface area contributed by atoms with Gasteiger partial charge in [0.1, 0.15) is 5.82 Å². The average molecular weight is 334 g/mol. The quantitative estimate of drug-likeness (QED) is 0.532. The van der Waals surface area contributed by atoms with Crippen LogP contribution in [0.1, 0.15) is 45.1 Å². The summed E-state index contributed by atoms with van der Waals surface area (Å²) in [6.07, 6.45) is -0.519. The standard InChI is InChI=1S/C13H23N2O4PS/c1-7-17-20(21,18-11(5)16-6)19-12-8-10(4)14-13(15-12)9(2)3/h8-9,11H,7H2,1-6H3. The number of aryl methyl sites for hydroxylation is 1. The first kappa shape index (κ1) is 18.5. The summed E-state index contributed by atoms with van der Waals surface area (Å²) >= 11 is 5.38. The van der Waals surface area contributed by atoms with E-state index in [1.54, 1.807) is 13.0 Å². The third-order valence-corrected chi connectivity index (χ3v) is 4.80. The summed E-state index contributed by atoms with van der Waals surface area (Å²) in [6.45, 7) is 6.89. The zero-order valence-corrected chi connectivity index (χ0v) is 15.0. The Hall–Kier alpha value is -0.590. The Labute approximate surface area is 131 Å². The highest BCUT2D eigenvalue weighted by Crippen LogP contribution is 2.50. The van der Waals surface area contributed by atoms with Gasteiger partial charge in [0.2, 0.25) is 5.88 Å². The molecule has 0 saturated carbocycles. The van der Waals surface area contributed by atoms with Crippen molar-refractivity contribution in [1.29, 1.82) is 0 Å². The molecule has 0 aromatic carbocycles. The van der Waals surface area contributed by atoms with Crippen LogP contribution in [0.4, 0.5) is 0 Å². The van der Waals surface area contributed by atoms with Gasteiger partial charge in [0.15, 0.2) is 6.29 Å². The monoisotopic (exact) mass is 334 g/mol. The van der Waals surface area contributed by atoms with E-state index in [9.17, 15) is 0 Å². The fraction of sp³-hybridized carbons (Fsp3) is 0.692. The zero-order valence-electron chi connectivity index (χ0n) is 13.3. The maximum absolute atomic E-state index is 5.74. The number of nitrogens with zero attached hydrogens (tertiary/aromatic N) is 2. The number of methoxy groups -OCH3 is 1. The second-order valence-corrected chi connectivity index (χ2v) is 7.61. The van der Waals surface area contributed by atoms with Crippen molar-refractivity contribution in [2.45, 2.75) is 46.8 Å². The molecule has 0 radical (unpaired) electrons. The number of rotatable bonds is 8. The minimum atomic E-state index is -2.97. The number of aromatic nitrogens is 2. The van der Waals surface area contributed by atoms with E-state index in [1.165, 1.54) is 7.11 Å². The lowest BCUT2D eigenvalue weighted by molar-refractivity contribution is -0.0475. The maximum Gasteiger partial charge on any atom is 0.384 e. The van der Waals surface area contributed by atoms with E-state index >= 15 is 0 Å². The van der Waals surface area contributed by atoms with Crippen LogP contribution < -0.4 is 4.52 Å². The Balaban J connectivity index is 3.00. The molecule has 1 aromatic heterocycles. The molecule has 2 unspecified atom stereocenters. The molecule has 1 aromatic rings. The highest BCUT2D eigenvalue weighted by Gasteiger charge is 2.26. The lowest BCUT2D eigenvalue weighted by atomic mass is 10.2. The summed E-state index contributed by atoms with van der Waals surface area (Å²) < 4.78 is 21.9. The second kappa shape index (κ2) is 8.15. The van der Waals surface area contributed by atoms with Gasteiger partial charge in [-0.2, -0.15) is 4.98 Å². The van der Waals surface area contributed by atoms with Crippen LogP contribution in [0.2, 0.25) is 0 Å². The summed E-state index contributed by atoms with van der Waals surface area (Å²) in [7, 11) is 1.53. The summed E-state index contributed by atoms with van der Waals surface area (Å²) in [5.41, 5.74) is 0.807. The molecule has 0 amide bonds. The molecule has 0 bridgehead atoms. The molecule has 0 aliphatic carbocycles. The highest BCUT2D eigenvalue weighted by atomic mass is 32.5. The maximum atomic E-state index is 5.74. The fourth-order valence-corrected chi connectivity index (χ4v) is 3.60. The average Bonchev–Trinajstić information content (AvgIpc) is 2.37. The fourth-order valence-electron chi connectivity index (χ4n) is 1.44. The molecule has 0 aliphatic rings. The van der Waals surface area contributed by atoms with Crippen LogP contribution in [-0.2, 0) is 25.6 Å². The Bertz CT molecular complexity index is 513. The van der Waals surface area contributed by atoms with Crippen LogP contribution >= 0.6 is 6.72 Å². The van der Waals surface area contributed by atoms with Gasteiger partial charge in [0.25, 0.3) is 0 Å². The molecule has 0 saturated heterocycles. The molecule has 0 N–H and O–H groups in total. The van der Waals surface area contributed by atoms with E-state index in [0.717, 1.165) is 5.69 Å². The van der Waals surface area contributed by atoms with Gasteiger partial charge in [-0.1, -0.05) is 13.8 Å². The van der Waals surface area contributed by atoms with Crippen LogP contribution in [0, 0.1) is 6.92 Å². The van der Waals surface area contributed by atoms with Crippen LogP contribution in [0.15, 0.2) is 6.07 Å². The molecule has 1 rings (SSSR count). The summed E-state index contributed by atoms with van der Waals surface area (Å²) in [5.74, 6) is 1.25. The Morgan fingerprint density at radius 2 is 1.95 bits per heavy atom. The molecule has 6 nitrogen and oxygen atoms in total. The zero-order chi connectivity index (χ0) is 16.0. The second-order valence-electron chi connectivity index (χ2n) is 4.73. The van der Waals surface area contributed by atoms with Gasteiger partial charge in [-0.3, -0.25) is 9.05 Å². The highest BCUT2D eigenvalue weighted by molar-refractivity contribution is 8.07. The van der Waals surface area contributed by atoms with Crippen molar-refractivity contribution in [2.75, 3.05) is 13.7 Å². The first-order chi connectivity index (χ1) is 9.79. The minimum Gasteiger partial charge on any atom is -0.405 e. The normalized spacial score (nSPS) is 15.8. The number of hydrogen-bond donors (Lipinski definition) is 0. The van der Waals surface area contributed by atoms with E-state index in [4.69, 9.17) is 30.1 Å². The third kappa shape index (κ3) is 5.96. The van der Waals surface area contributed by atoms with Crippen molar-refractivity contribution in [2.24, 2.45) is 0 Å².